The van der Waals surface area contributed by atoms with Gasteiger partial charge in [-0.2, -0.15) is 0 Å². The van der Waals surface area contributed by atoms with Crippen LogP contribution in [0.5, 0.6) is 11.5 Å². The number of hydrogen-bond acceptors (Lipinski definition) is 5. The molecular weight excluding hydrogens is 509 g/mol. The summed E-state index contributed by atoms with van der Waals surface area (Å²) >= 11 is 0. The molecule has 38 heavy (non-hydrogen) atoms. The summed E-state index contributed by atoms with van der Waals surface area (Å²) < 4.78 is 19.1. The molecule has 1 heterocycles. The van der Waals surface area contributed by atoms with E-state index < -0.39 is 11.7 Å². The molecule has 0 atom stereocenters. The minimum atomic E-state index is -0.405. The fourth-order valence-corrected chi connectivity index (χ4v) is 4.34. The van der Waals surface area contributed by atoms with Crippen LogP contribution in [0.15, 0.2) is 65.2 Å². The number of halogens is 2. The zero-order valence-electron chi connectivity index (χ0n) is 21.5. The molecule has 0 aliphatic rings. The van der Waals surface area contributed by atoms with Crippen molar-refractivity contribution in [3.63, 3.8) is 0 Å². The molecule has 9 heteroatoms. The third-order valence-corrected chi connectivity index (χ3v) is 6.46. The monoisotopic (exact) mass is 539 g/mol. The molecule has 0 fully saturated rings. The Balaban J connectivity index is 0.00000400. The van der Waals surface area contributed by atoms with E-state index in [1.807, 2.05) is 31.2 Å². The molecule has 0 spiro atoms. The van der Waals surface area contributed by atoms with Crippen LogP contribution in [0.3, 0.4) is 0 Å². The number of benzene rings is 3. The summed E-state index contributed by atoms with van der Waals surface area (Å²) in [6.45, 7) is 9.44. The topological polar surface area (TPSA) is 100 Å². The molecule has 1 aromatic heterocycles. The number of carbonyl (C=O) groups is 1. The molecule has 4 rings (SSSR count). The number of nitrogens with zero attached hydrogens (tertiary/aromatic N) is 1. The molecule has 3 aromatic carbocycles. The SMILES string of the molecule is CCNC(=O)c1noc(-c2cc(-c3ccc(F)cc3)c(O)cc2O)c1-c1ccc(C[NH+](CC)CC)cc1.[Cl-]. The van der Waals surface area contributed by atoms with Gasteiger partial charge in [0.05, 0.1) is 24.2 Å². The van der Waals surface area contributed by atoms with Crippen molar-refractivity contribution in [1.29, 1.82) is 0 Å². The van der Waals surface area contributed by atoms with Gasteiger partial charge in [0, 0.05) is 23.7 Å². The number of rotatable bonds is 9. The quantitative estimate of drug-likeness (QED) is 0.258. The Morgan fingerprint density at radius 1 is 0.921 bits per heavy atom. The van der Waals surface area contributed by atoms with Crippen LogP contribution in [0, 0.1) is 5.82 Å². The van der Waals surface area contributed by atoms with Gasteiger partial charge < -0.3 is 37.4 Å². The highest BCUT2D eigenvalue weighted by molar-refractivity contribution is 6.03. The van der Waals surface area contributed by atoms with E-state index in [4.69, 9.17) is 4.52 Å². The summed E-state index contributed by atoms with van der Waals surface area (Å²) in [5.74, 6) is -1.05. The highest BCUT2D eigenvalue weighted by Gasteiger charge is 2.27. The normalized spacial score (nSPS) is 10.9. The average molecular weight is 540 g/mol. The molecule has 0 aliphatic heterocycles. The molecule has 4 N–H and O–H groups in total. The largest absolute Gasteiger partial charge is 1.00 e. The first-order valence-corrected chi connectivity index (χ1v) is 12.4. The van der Waals surface area contributed by atoms with Gasteiger partial charge in [-0.15, -0.1) is 0 Å². The molecule has 0 bridgehead atoms. The van der Waals surface area contributed by atoms with Crippen molar-refractivity contribution in [2.45, 2.75) is 27.3 Å². The Hall–Kier alpha value is -3.88. The second-order valence-corrected chi connectivity index (χ2v) is 8.82. The molecule has 0 unspecified atom stereocenters. The van der Waals surface area contributed by atoms with Gasteiger partial charge in [-0.25, -0.2) is 4.39 Å². The van der Waals surface area contributed by atoms with Gasteiger partial charge in [-0.1, -0.05) is 41.6 Å². The summed E-state index contributed by atoms with van der Waals surface area (Å²) in [5, 5.41) is 28.1. The maximum Gasteiger partial charge on any atom is 0.274 e. The Labute approximate surface area is 227 Å². The second kappa shape index (κ2) is 12.6. The van der Waals surface area contributed by atoms with E-state index in [2.05, 4.69) is 24.3 Å². The highest BCUT2D eigenvalue weighted by Crippen LogP contribution is 2.44. The lowest BCUT2D eigenvalue weighted by Crippen LogP contribution is -3.10. The van der Waals surface area contributed by atoms with Crippen molar-refractivity contribution in [2.75, 3.05) is 19.6 Å². The number of aromatic nitrogens is 1. The summed E-state index contributed by atoms with van der Waals surface area (Å²) in [7, 11) is 0. The van der Waals surface area contributed by atoms with Gasteiger partial charge >= 0.3 is 0 Å². The van der Waals surface area contributed by atoms with E-state index in [0.717, 1.165) is 25.2 Å². The molecule has 7 nitrogen and oxygen atoms in total. The van der Waals surface area contributed by atoms with Crippen LogP contribution in [0.1, 0.15) is 36.8 Å². The van der Waals surface area contributed by atoms with Gasteiger partial charge in [0.15, 0.2) is 11.5 Å². The third kappa shape index (κ3) is 5.98. The predicted molar refractivity (Wildman–Crippen MR) is 140 cm³/mol. The molecule has 200 valence electrons. The van der Waals surface area contributed by atoms with Crippen molar-refractivity contribution in [1.82, 2.24) is 10.5 Å². The maximum absolute atomic E-state index is 13.5. The molecule has 1 amide bonds. The lowest BCUT2D eigenvalue weighted by molar-refractivity contribution is -0.910. The van der Waals surface area contributed by atoms with E-state index in [0.29, 0.717) is 28.8 Å². The third-order valence-electron chi connectivity index (χ3n) is 6.46. The smallest absolute Gasteiger partial charge is 0.274 e. The number of phenolic OH excluding ortho intramolecular Hbond substituents is 2. The van der Waals surface area contributed by atoms with Crippen LogP contribution in [0.25, 0.3) is 33.6 Å². The molecule has 0 radical (unpaired) electrons. The zero-order chi connectivity index (χ0) is 26.5. The van der Waals surface area contributed by atoms with E-state index in [1.165, 1.54) is 35.2 Å². The lowest BCUT2D eigenvalue weighted by Gasteiger charge is -2.15. The number of aromatic hydroxyl groups is 2. The first-order valence-electron chi connectivity index (χ1n) is 12.4. The van der Waals surface area contributed by atoms with E-state index in [-0.39, 0.29) is 40.9 Å². The Kier molecular flexibility index (Phi) is 9.50. The van der Waals surface area contributed by atoms with Crippen molar-refractivity contribution in [2.24, 2.45) is 0 Å². The molecule has 0 saturated heterocycles. The number of hydrogen-bond donors (Lipinski definition) is 4. The maximum atomic E-state index is 13.5. The summed E-state index contributed by atoms with van der Waals surface area (Å²) in [5.41, 5.74) is 3.54. The Bertz CT molecular complexity index is 1380. The van der Waals surface area contributed by atoms with Crippen LogP contribution in [-0.4, -0.2) is 40.9 Å². The lowest BCUT2D eigenvalue weighted by atomic mass is 9.94. The zero-order valence-corrected chi connectivity index (χ0v) is 22.3. The predicted octanol–water partition coefficient (Wildman–Crippen LogP) is 1.40. The van der Waals surface area contributed by atoms with Gasteiger partial charge in [0.25, 0.3) is 5.91 Å². The fourth-order valence-electron chi connectivity index (χ4n) is 4.34. The molecular formula is C29H31ClFN3O4. The van der Waals surface area contributed by atoms with E-state index in [9.17, 15) is 19.4 Å². The minimum absolute atomic E-state index is 0. The molecule has 4 aromatic rings. The van der Waals surface area contributed by atoms with Crippen molar-refractivity contribution < 1.29 is 41.2 Å². The molecule has 0 saturated carbocycles. The summed E-state index contributed by atoms with van der Waals surface area (Å²) in [6.07, 6.45) is 0. The highest BCUT2D eigenvalue weighted by atomic mass is 35.5. The first kappa shape index (κ1) is 28.7. The van der Waals surface area contributed by atoms with Gasteiger partial charge in [-0.3, -0.25) is 4.79 Å². The van der Waals surface area contributed by atoms with E-state index in [1.54, 1.807) is 6.07 Å². The number of amides is 1. The minimum Gasteiger partial charge on any atom is -1.00 e. The summed E-state index contributed by atoms with van der Waals surface area (Å²) in [6, 6.07) is 16.2. The van der Waals surface area contributed by atoms with Crippen LogP contribution < -0.4 is 22.6 Å². The van der Waals surface area contributed by atoms with Crippen molar-refractivity contribution >= 4 is 5.91 Å². The second-order valence-electron chi connectivity index (χ2n) is 8.82. The fraction of sp³-hybridized carbons (Fsp3) is 0.241. The number of carbonyl (C=O) groups excluding carboxylic acids is 1. The van der Waals surface area contributed by atoms with Crippen LogP contribution in [-0.2, 0) is 6.54 Å². The first-order chi connectivity index (χ1) is 17.9. The van der Waals surface area contributed by atoms with Crippen molar-refractivity contribution in [3.05, 3.63) is 77.7 Å². The standard InChI is InChI=1S/C29H30FN3O4.ClH/c1-4-31-29(36)27-26(20-9-7-18(8-10-20)17-33(5-2)6-3)28(37-32-27)23-15-22(24(34)16-25(23)35)19-11-13-21(30)14-12-19;/h7-16,34-35H,4-6,17H2,1-3H3,(H,31,36);1H. The average Bonchev–Trinajstić information content (AvgIpc) is 3.33. The number of quaternary nitrogens is 1. The van der Waals surface area contributed by atoms with Gasteiger partial charge in [0.1, 0.15) is 23.9 Å². The van der Waals surface area contributed by atoms with Crippen molar-refractivity contribution in [3.8, 4) is 45.1 Å². The summed E-state index contributed by atoms with van der Waals surface area (Å²) in [4.78, 5) is 14.3. The Morgan fingerprint density at radius 2 is 1.53 bits per heavy atom. The number of nitrogens with one attached hydrogen (secondary N) is 2. The van der Waals surface area contributed by atoms with Gasteiger partial charge in [0.2, 0.25) is 0 Å². The number of phenols is 2. The molecule has 0 aliphatic carbocycles. The van der Waals surface area contributed by atoms with Crippen LogP contribution in [0.2, 0.25) is 0 Å². The van der Waals surface area contributed by atoms with Crippen LogP contribution >= 0.6 is 0 Å². The van der Waals surface area contributed by atoms with E-state index >= 15 is 0 Å². The van der Waals surface area contributed by atoms with Gasteiger partial charge in [-0.05, 0) is 50.1 Å². The Morgan fingerprint density at radius 3 is 2.13 bits per heavy atom. The van der Waals surface area contributed by atoms with Crippen LogP contribution in [0.4, 0.5) is 4.39 Å².